The molecule has 0 aromatic carbocycles. The van der Waals surface area contributed by atoms with Gasteiger partial charge in [0.25, 0.3) is 0 Å². The highest BCUT2D eigenvalue weighted by atomic mass is 16.5. The Labute approximate surface area is 152 Å². The van der Waals surface area contributed by atoms with Crippen molar-refractivity contribution in [1.82, 2.24) is 15.1 Å². The Bertz CT molecular complexity index is 505. The molecule has 4 heteroatoms. The van der Waals surface area contributed by atoms with Crippen molar-refractivity contribution in [3.63, 3.8) is 0 Å². The second kappa shape index (κ2) is 6.19. The van der Waals surface area contributed by atoms with Crippen LogP contribution in [0.5, 0.6) is 0 Å². The van der Waals surface area contributed by atoms with E-state index in [-0.39, 0.29) is 0 Å². The van der Waals surface area contributed by atoms with Gasteiger partial charge in [0.1, 0.15) is 0 Å². The van der Waals surface area contributed by atoms with Crippen molar-refractivity contribution in [2.24, 2.45) is 11.8 Å². The number of hydrogen-bond donors (Lipinski definition) is 1. The zero-order valence-corrected chi connectivity index (χ0v) is 15.6. The summed E-state index contributed by atoms with van der Waals surface area (Å²) in [5, 5.41) is 3.73. The van der Waals surface area contributed by atoms with E-state index in [4.69, 9.17) is 4.74 Å². The van der Waals surface area contributed by atoms with Crippen LogP contribution in [0.4, 0.5) is 0 Å². The molecule has 0 saturated carbocycles. The molecule has 4 bridgehead atoms. The first-order chi connectivity index (χ1) is 12.3. The van der Waals surface area contributed by atoms with Gasteiger partial charge in [-0.3, -0.25) is 9.80 Å². The first kappa shape index (κ1) is 15.9. The number of fused-ring (bicyclic) bond motifs is 6. The van der Waals surface area contributed by atoms with E-state index in [1.54, 1.807) is 0 Å². The van der Waals surface area contributed by atoms with E-state index >= 15 is 0 Å². The Kier molecular flexibility index (Phi) is 3.92. The lowest BCUT2D eigenvalue weighted by Crippen LogP contribution is -2.66. The van der Waals surface area contributed by atoms with Gasteiger partial charge in [-0.05, 0) is 76.2 Å². The minimum atomic E-state index is 0.631. The molecule has 1 N–H and O–H groups in total. The van der Waals surface area contributed by atoms with Gasteiger partial charge in [-0.15, -0.1) is 0 Å². The average Bonchev–Trinajstić information content (AvgIpc) is 3.31. The van der Waals surface area contributed by atoms with Crippen molar-refractivity contribution in [1.29, 1.82) is 0 Å². The van der Waals surface area contributed by atoms with Crippen molar-refractivity contribution in [2.45, 2.75) is 94.2 Å². The summed E-state index contributed by atoms with van der Waals surface area (Å²) in [7, 11) is 0. The standard InChI is InChI=1S/C21H35N3O/c1-2-17-11-22-15(1)12-24(17)18-4-3-16-9-14(7-8-23(16)13-18)20-10-19-5-6-21(20)25-19/h14-22H,1-13H2. The summed E-state index contributed by atoms with van der Waals surface area (Å²) in [6.45, 7) is 5.28. The van der Waals surface area contributed by atoms with E-state index in [2.05, 4.69) is 15.1 Å². The summed E-state index contributed by atoms with van der Waals surface area (Å²) in [4.78, 5) is 5.78. The van der Waals surface area contributed by atoms with Gasteiger partial charge >= 0.3 is 0 Å². The molecule has 0 spiro atoms. The second-order valence-electron chi connectivity index (χ2n) is 9.97. The molecule has 7 saturated heterocycles. The average molecular weight is 346 g/mol. The van der Waals surface area contributed by atoms with Crippen LogP contribution >= 0.6 is 0 Å². The van der Waals surface area contributed by atoms with Crippen LogP contribution < -0.4 is 5.32 Å². The molecule has 8 atom stereocenters. The van der Waals surface area contributed by atoms with Crippen molar-refractivity contribution in [3.8, 4) is 0 Å². The maximum atomic E-state index is 6.17. The number of hydrogen-bond acceptors (Lipinski definition) is 4. The second-order valence-corrected chi connectivity index (χ2v) is 9.97. The summed E-state index contributed by atoms with van der Waals surface area (Å²) in [5.74, 6) is 1.87. The largest absolute Gasteiger partial charge is 0.375 e. The summed E-state index contributed by atoms with van der Waals surface area (Å²) < 4.78 is 6.17. The molecule has 0 aromatic heterocycles. The van der Waals surface area contributed by atoms with E-state index in [0.717, 1.165) is 36.0 Å². The summed E-state index contributed by atoms with van der Waals surface area (Å²) >= 11 is 0. The Balaban J connectivity index is 1.08. The molecule has 25 heavy (non-hydrogen) atoms. The maximum Gasteiger partial charge on any atom is 0.0611 e. The number of nitrogens with one attached hydrogen (secondary N) is 1. The molecule has 7 heterocycles. The normalized spacial score (nSPS) is 53.3. The third-order valence-electron chi connectivity index (χ3n) is 8.77. The van der Waals surface area contributed by atoms with Gasteiger partial charge in [-0.1, -0.05) is 0 Å². The van der Waals surface area contributed by atoms with Crippen molar-refractivity contribution >= 4 is 0 Å². The van der Waals surface area contributed by atoms with E-state index < -0.39 is 0 Å². The number of rotatable bonds is 2. The number of ether oxygens (including phenoxy) is 1. The van der Waals surface area contributed by atoms with Gasteiger partial charge in [-0.25, -0.2) is 0 Å². The Morgan fingerprint density at radius 3 is 2.44 bits per heavy atom. The minimum Gasteiger partial charge on any atom is -0.375 e. The van der Waals surface area contributed by atoms with Crippen LogP contribution in [-0.4, -0.2) is 72.4 Å². The van der Waals surface area contributed by atoms with Gasteiger partial charge in [0.05, 0.1) is 12.2 Å². The molecular weight excluding hydrogens is 310 g/mol. The van der Waals surface area contributed by atoms with Crippen LogP contribution in [0.1, 0.15) is 57.8 Å². The predicted octanol–water partition coefficient (Wildman–Crippen LogP) is 2.23. The topological polar surface area (TPSA) is 27.7 Å². The van der Waals surface area contributed by atoms with E-state index in [1.807, 2.05) is 0 Å². The quantitative estimate of drug-likeness (QED) is 0.831. The lowest BCUT2D eigenvalue weighted by molar-refractivity contribution is -0.0322. The van der Waals surface area contributed by atoms with Crippen LogP contribution in [0.3, 0.4) is 0 Å². The SMILES string of the molecule is C1CC2CNC1CN2C1CCC2CC(C3CC4CCC3O4)CCN2C1. The monoisotopic (exact) mass is 345 g/mol. The van der Waals surface area contributed by atoms with Crippen molar-refractivity contribution < 1.29 is 4.74 Å². The van der Waals surface area contributed by atoms with Gasteiger partial charge in [-0.2, -0.15) is 0 Å². The molecule has 0 aliphatic carbocycles. The zero-order chi connectivity index (χ0) is 16.4. The highest BCUT2D eigenvalue weighted by molar-refractivity contribution is 5.01. The fourth-order valence-corrected chi connectivity index (χ4v) is 7.44. The highest BCUT2D eigenvalue weighted by Gasteiger charge is 2.47. The molecule has 7 rings (SSSR count). The van der Waals surface area contributed by atoms with Crippen molar-refractivity contribution in [2.75, 3.05) is 26.2 Å². The van der Waals surface area contributed by atoms with E-state index in [9.17, 15) is 0 Å². The molecule has 7 fully saturated rings. The Morgan fingerprint density at radius 1 is 0.800 bits per heavy atom. The van der Waals surface area contributed by atoms with Crippen molar-refractivity contribution in [3.05, 3.63) is 0 Å². The lowest BCUT2D eigenvalue weighted by Gasteiger charge is -2.54. The maximum absolute atomic E-state index is 6.17. The number of piperidine rings is 4. The third-order valence-corrected chi connectivity index (χ3v) is 8.77. The van der Waals surface area contributed by atoms with Crippen LogP contribution in [0.25, 0.3) is 0 Å². The summed E-state index contributed by atoms with van der Waals surface area (Å²) in [5.41, 5.74) is 0. The third kappa shape index (κ3) is 2.70. The van der Waals surface area contributed by atoms with Gasteiger partial charge in [0.2, 0.25) is 0 Å². The lowest BCUT2D eigenvalue weighted by atomic mass is 9.72. The smallest absolute Gasteiger partial charge is 0.0611 e. The van der Waals surface area contributed by atoms with Crippen LogP contribution in [0, 0.1) is 11.8 Å². The molecule has 7 aliphatic rings. The van der Waals surface area contributed by atoms with Crippen LogP contribution in [-0.2, 0) is 4.74 Å². The minimum absolute atomic E-state index is 0.631. The molecule has 0 radical (unpaired) electrons. The first-order valence-corrected chi connectivity index (χ1v) is 11.2. The predicted molar refractivity (Wildman–Crippen MR) is 98.6 cm³/mol. The Hall–Kier alpha value is -0.160. The van der Waals surface area contributed by atoms with Crippen LogP contribution in [0.15, 0.2) is 0 Å². The first-order valence-electron chi connectivity index (χ1n) is 11.2. The molecule has 140 valence electrons. The summed E-state index contributed by atoms with van der Waals surface area (Å²) in [6.07, 6.45) is 14.0. The van der Waals surface area contributed by atoms with Crippen LogP contribution in [0.2, 0.25) is 0 Å². The molecular formula is C21H35N3O. The number of nitrogens with zero attached hydrogens (tertiary/aromatic N) is 2. The summed E-state index contributed by atoms with van der Waals surface area (Å²) in [6, 6.07) is 3.34. The van der Waals surface area contributed by atoms with E-state index in [0.29, 0.717) is 12.2 Å². The fraction of sp³-hybridized carbons (Fsp3) is 1.00. The Morgan fingerprint density at radius 2 is 1.72 bits per heavy atom. The fourth-order valence-electron chi connectivity index (χ4n) is 7.44. The molecule has 0 amide bonds. The van der Waals surface area contributed by atoms with Gasteiger partial charge < -0.3 is 10.1 Å². The number of piperazine rings is 1. The molecule has 4 nitrogen and oxygen atoms in total. The highest BCUT2D eigenvalue weighted by Crippen LogP contribution is 2.47. The van der Waals surface area contributed by atoms with E-state index in [1.165, 1.54) is 84.0 Å². The zero-order valence-electron chi connectivity index (χ0n) is 15.6. The molecule has 0 aromatic rings. The van der Waals surface area contributed by atoms with Gasteiger partial charge in [0, 0.05) is 43.8 Å². The molecule has 8 unspecified atom stereocenters. The molecule has 7 aliphatic heterocycles. The van der Waals surface area contributed by atoms with Gasteiger partial charge in [0.15, 0.2) is 0 Å².